The molecule has 5 heteroatoms. The Kier molecular flexibility index (Phi) is 4.57. The highest BCUT2D eigenvalue weighted by Crippen LogP contribution is 2.29. The number of nitrogens with zero attached hydrogens (tertiary/aromatic N) is 3. The van der Waals surface area contributed by atoms with E-state index in [1.165, 1.54) is 11.3 Å². The van der Waals surface area contributed by atoms with Gasteiger partial charge in [0.15, 0.2) is 4.96 Å². The number of hydrogen-bond acceptors (Lipinski definition) is 3. The van der Waals surface area contributed by atoms with Gasteiger partial charge in [0, 0.05) is 47.8 Å². The Balaban J connectivity index is 1.53. The summed E-state index contributed by atoms with van der Waals surface area (Å²) >= 11 is 1.67. The zero-order chi connectivity index (χ0) is 18.3. The van der Waals surface area contributed by atoms with Gasteiger partial charge in [0.05, 0.1) is 5.69 Å². The fourth-order valence-corrected chi connectivity index (χ4v) is 4.21. The highest BCUT2D eigenvalue weighted by atomic mass is 32.1. The lowest BCUT2D eigenvalue weighted by Gasteiger charge is -2.24. The maximum Gasteiger partial charge on any atom is 0.225 e. The predicted molar refractivity (Wildman–Crippen MR) is 107 cm³/mol. The summed E-state index contributed by atoms with van der Waals surface area (Å²) in [4.78, 5) is 20.4. The van der Waals surface area contributed by atoms with E-state index in [1.807, 2.05) is 13.8 Å². The van der Waals surface area contributed by atoms with Crippen LogP contribution >= 0.6 is 11.3 Å². The van der Waals surface area contributed by atoms with Crippen molar-refractivity contribution in [2.24, 2.45) is 5.92 Å². The molecule has 0 unspecified atom stereocenters. The molecule has 1 aliphatic rings. The van der Waals surface area contributed by atoms with Crippen molar-refractivity contribution in [2.45, 2.75) is 46.1 Å². The molecular weight excluding hydrogens is 342 g/mol. The van der Waals surface area contributed by atoms with Crippen LogP contribution in [0.15, 0.2) is 35.8 Å². The number of fused-ring (bicyclic) bond motifs is 1. The molecule has 0 bridgehead atoms. The standard InChI is InChI=1S/C21H25N3OS/c1-14(2)20(25)23(17-8-9-17)11-10-18-13-26-21-22-19(12-24(18)21)16-6-4-15(3)5-7-16/h4-7,12-14,17H,8-11H2,1-3H3. The Morgan fingerprint density at radius 2 is 2.04 bits per heavy atom. The van der Waals surface area contributed by atoms with E-state index in [4.69, 9.17) is 4.98 Å². The maximum absolute atomic E-state index is 12.5. The average molecular weight is 368 g/mol. The van der Waals surface area contributed by atoms with Crippen LogP contribution in [0.25, 0.3) is 16.2 Å². The molecule has 4 nitrogen and oxygen atoms in total. The second-order valence-electron chi connectivity index (χ2n) is 7.54. The molecule has 0 aliphatic heterocycles. The quantitative estimate of drug-likeness (QED) is 0.640. The molecule has 0 radical (unpaired) electrons. The molecule has 2 heterocycles. The molecule has 1 amide bonds. The first-order valence-corrected chi connectivity index (χ1v) is 10.2. The number of carbonyl (C=O) groups is 1. The Hall–Kier alpha value is -2.14. The van der Waals surface area contributed by atoms with Gasteiger partial charge < -0.3 is 4.90 Å². The molecule has 0 saturated heterocycles. The van der Waals surface area contributed by atoms with Gasteiger partial charge >= 0.3 is 0 Å². The SMILES string of the molecule is Cc1ccc(-c2cn3c(CCN(C(=O)C(C)C)C4CC4)csc3n2)cc1. The van der Waals surface area contributed by atoms with Crippen LogP contribution in [0, 0.1) is 12.8 Å². The molecule has 3 aromatic rings. The third-order valence-corrected chi connectivity index (χ3v) is 5.89. The summed E-state index contributed by atoms with van der Waals surface area (Å²) in [5, 5.41) is 2.17. The van der Waals surface area contributed by atoms with Crippen LogP contribution < -0.4 is 0 Å². The molecule has 2 aromatic heterocycles. The van der Waals surface area contributed by atoms with Crippen molar-refractivity contribution in [3.63, 3.8) is 0 Å². The van der Waals surface area contributed by atoms with Crippen molar-refractivity contribution in [2.75, 3.05) is 6.54 Å². The van der Waals surface area contributed by atoms with E-state index in [-0.39, 0.29) is 11.8 Å². The second kappa shape index (κ2) is 6.88. The number of hydrogen-bond donors (Lipinski definition) is 0. The summed E-state index contributed by atoms with van der Waals surface area (Å²) in [6.45, 7) is 6.87. The first kappa shape index (κ1) is 17.3. The lowest BCUT2D eigenvalue weighted by Crippen LogP contribution is -2.37. The molecule has 1 saturated carbocycles. The van der Waals surface area contributed by atoms with Gasteiger partial charge in [-0.05, 0) is 19.8 Å². The van der Waals surface area contributed by atoms with Crippen molar-refractivity contribution in [1.82, 2.24) is 14.3 Å². The third kappa shape index (κ3) is 3.40. The van der Waals surface area contributed by atoms with Crippen molar-refractivity contribution < 1.29 is 4.79 Å². The normalized spacial score (nSPS) is 14.3. The number of carbonyl (C=O) groups excluding carboxylic acids is 1. The minimum Gasteiger partial charge on any atom is -0.339 e. The van der Waals surface area contributed by atoms with E-state index < -0.39 is 0 Å². The Labute approximate surface area is 158 Å². The minimum atomic E-state index is 0.0690. The molecule has 1 fully saturated rings. The van der Waals surface area contributed by atoms with Crippen LogP contribution in [0.4, 0.5) is 0 Å². The summed E-state index contributed by atoms with van der Waals surface area (Å²) < 4.78 is 2.19. The number of aromatic nitrogens is 2. The van der Waals surface area contributed by atoms with Crippen LogP contribution in [0.1, 0.15) is 37.9 Å². The minimum absolute atomic E-state index is 0.0690. The molecule has 4 rings (SSSR count). The molecule has 0 N–H and O–H groups in total. The highest BCUT2D eigenvalue weighted by Gasteiger charge is 2.33. The first-order chi connectivity index (χ1) is 12.5. The van der Waals surface area contributed by atoms with E-state index in [1.54, 1.807) is 11.3 Å². The fourth-order valence-electron chi connectivity index (χ4n) is 3.30. The molecular formula is C21H25N3OS. The average Bonchev–Trinajstić information content (AvgIpc) is 3.25. The molecule has 0 atom stereocenters. The van der Waals surface area contributed by atoms with Crippen molar-refractivity contribution in [1.29, 1.82) is 0 Å². The van der Waals surface area contributed by atoms with E-state index in [0.29, 0.717) is 6.04 Å². The fraction of sp³-hybridized carbons (Fsp3) is 0.429. The Bertz CT molecular complexity index is 919. The van der Waals surface area contributed by atoms with Gasteiger partial charge in [0.1, 0.15) is 0 Å². The van der Waals surface area contributed by atoms with Gasteiger partial charge in [-0.25, -0.2) is 4.98 Å². The monoisotopic (exact) mass is 367 g/mol. The number of rotatable bonds is 6. The van der Waals surface area contributed by atoms with Crippen LogP contribution in [-0.4, -0.2) is 32.8 Å². The van der Waals surface area contributed by atoms with Crippen LogP contribution in [0.2, 0.25) is 0 Å². The van der Waals surface area contributed by atoms with E-state index in [2.05, 4.69) is 52.1 Å². The lowest BCUT2D eigenvalue weighted by atomic mass is 10.1. The zero-order valence-corrected chi connectivity index (χ0v) is 16.4. The lowest BCUT2D eigenvalue weighted by molar-refractivity contribution is -0.135. The third-order valence-electron chi connectivity index (χ3n) is 5.00. The van der Waals surface area contributed by atoms with Crippen molar-refractivity contribution in [3.05, 3.63) is 47.1 Å². The Morgan fingerprint density at radius 3 is 2.69 bits per heavy atom. The molecule has 26 heavy (non-hydrogen) atoms. The van der Waals surface area contributed by atoms with Crippen LogP contribution in [0.5, 0.6) is 0 Å². The number of thiazole rings is 1. The van der Waals surface area contributed by atoms with Gasteiger partial charge in [0.2, 0.25) is 5.91 Å². The van der Waals surface area contributed by atoms with Crippen molar-refractivity contribution >= 4 is 22.2 Å². The van der Waals surface area contributed by atoms with Gasteiger partial charge in [-0.3, -0.25) is 9.20 Å². The molecule has 1 aliphatic carbocycles. The number of aryl methyl sites for hydroxylation is 1. The van der Waals surface area contributed by atoms with Gasteiger partial charge in [-0.2, -0.15) is 0 Å². The first-order valence-electron chi connectivity index (χ1n) is 9.36. The largest absolute Gasteiger partial charge is 0.339 e. The van der Waals surface area contributed by atoms with Crippen LogP contribution in [0.3, 0.4) is 0 Å². The summed E-state index contributed by atoms with van der Waals surface area (Å²) in [6, 6.07) is 8.95. The number of imidazole rings is 1. The maximum atomic E-state index is 12.5. The summed E-state index contributed by atoms with van der Waals surface area (Å²) in [5.41, 5.74) is 4.64. The van der Waals surface area contributed by atoms with Crippen molar-refractivity contribution in [3.8, 4) is 11.3 Å². The second-order valence-corrected chi connectivity index (χ2v) is 8.38. The summed E-state index contributed by atoms with van der Waals surface area (Å²) in [5.74, 6) is 0.351. The Morgan fingerprint density at radius 1 is 1.31 bits per heavy atom. The number of benzene rings is 1. The van der Waals surface area contributed by atoms with E-state index in [0.717, 1.165) is 42.0 Å². The zero-order valence-electron chi connectivity index (χ0n) is 15.6. The van der Waals surface area contributed by atoms with E-state index in [9.17, 15) is 4.79 Å². The van der Waals surface area contributed by atoms with Gasteiger partial charge in [-0.1, -0.05) is 43.7 Å². The van der Waals surface area contributed by atoms with E-state index >= 15 is 0 Å². The summed E-state index contributed by atoms with van der Waals surface area (Å²) in [6.07, 6.45) is 5.30. The predicted octanol–water partition coefficient (Wildman–Crippen LogP) is 4.56. The topological polar surface area (TPSA) is 37.6 Å². The molecule has 1 aromatic carbocycles. The summed E-state index contributed by atoms with van der Waals surface area (Å²) in [7, 11) is 0. The molecule has 136 valence electrons. The highest BCUT2D eigenvalue weighted by molar-refractivity contribution is 7.15. The number of amides is 1. The van der Waals surface area contributed by atoms with Gasteiger partial charge in [-0.15, -0.1) is 11.3 Å². The molecule has 0 spiro atoms. The van der Waals surface area contributed by atoms with Crippen LogP contribution in [-0.2, 0) is 11.2 Å². The van der Waals surface area contributed by atoms with Gasteiger partial charge in [0.25, 0.3) is 0 Å². The smallest absolute Gasteiger partial charge is 0.225 e.